The lowest BCUT2D eigenvalue weighted by molar-refractivity contribution is -0.137. The average Bonchev–Trinajstić information content (AvgIpc) is 2.40. The highest BCUT2D eigenvalue weighted by atomic mass is 19.4. The number of hydrogen-bond acceptors (Lipinski definition) is 3. The third-order valence-electron chi connectivity index (χ3n) is 2.81. The molecular weight excluding hydrogens is 285 g/mol. The predicted octanol–water partition coefficient (Wildman–Crippen LogP) is 3.73. The summed E-state index contributed by atoms with van der Waals surface area (Å²) in [7, 11) is 0. The smallest absolute Gasteiger partial charge is 0.416 e. The summed E-state index contributed by atoms with van der Waals surface area (Å²) in [5.74, 6) is -1.18. The molecule has 7 heteroatoms. The van der Waals surface area contributed by atoms with Gasteiger partial charge in [-0.25, -0.2) is 4.79 Å². The molecule has 110 valence electrons. The van der Waals surface area contributed by atoms with Crippen molar-refractivity contribution in [1.82, 2.24) is 0 Å². The molecule has 0 spiro atoms. The Hall–Kier alpha value is -2.70. The molecule has 0 aliphatic carbocycles. The topological polar surface area (TPSA) is 75.4 Å². The number of nitrogens with two attached hydrogens (primary N) is 1. The predicted molar refractivity (Wildman–Crippen MR) is 72.5 cm³/mol. The highest BCUT2D eigenvalue weighted by Gasteiger charge is 2.30. The first-order chi connectivity index (χ1) is 9.79. The molecule has 2 rings (SSSR count). The minimum Gasteiger partial charge on any atom is -0.478 e. The molecule has 0 aliphatic rings. The molecule has 0 amide bonds. The number of halogens is 3. The van der Waals surface area contributed by atoms with Crippen molar-refractivity contribution in [3.63, 3.8) is 0 Å². The molecule has 4 nitrogen and oxygen atoms in total. The van der Waals surface area contributed by atoms with Crippen LogP contribution >= 0.6 is 0 Å². The fourth-order valence-electron chi connectivity index (χ4n) is 1.77. The van der Waals surface area contributed by atoms with Crippen molar-refractivity contribution in [2.45, 2.75) is 6.18 Å². The molecule has 21 heavy (non-hydrogen) atoms. The van der Waals surface area contributed by atoms with Crippen LogP contribution in [0.5, 0.6) is 0 Å². The maximum absolute atomic E-state index is 12.5. The largest absolute Gasteiger partial charge is 0.478 e. The zero-order valence-corrected chi connectivity index (χ0v) is 10.6. The number of anilines is 3. The third kappa shape index (κ3) is 3.25. The third-order valence-corrected chi connectivity index (χ3v) is 2.81. The number of para-hydroxylation sites is 1. The van der Waals surface area contributed by atoms with E-state index in [0.29, 0.717) is 5.69 Å². The molecule has 2 aromatic carbocycles. The molecular formula is C14H11F3N2O2. The van der Waals surface area contributed by atoms with E-state index in [9.17, 15) is 18.0 Å². The van der Waals surface area contributed by atoms with E-state index in [1.54, 1.807) is 0 Å². The molecule has 0 unspecified atom stereocenters. The van der Waals surface area contributed by atoms with Crippen molar-refractivity contribution < 1.29 is 23.1 Å². The van der Waals surface area contributed by atoms with Gasteiger partial charge in [0.2, 0.25) is 0 Å². The number of nitrogens with one attached hydrogen (secondary N) is 1. The second-order valence-electron chi connectivity index (χ2n) is 4.28. The minimum atomic E-state index is -4.42. The first-order valence-electron chi connectivity index (χ1n) is 5.85. The van der Waals surface area contributed by atoms with Gasteiger partial charge >= 0.3 is 12.1 Å². The number of alkyl halides is 3. The quantitative estimate of drug-likeness (QED) is 0.754. The second kappa shape index (κ2) is 5.35. The summed E-state index contributed by atoms with van der Waals surface area (Å²) in [6.07, 6.45) is -4.42. The van der Waals surface area contributed by atoms with Crippen LogP contribution in [-0.2, 0) is 6.18 Å². The summed E-state index contributed by atoms with van der Waals surface area (Å²) in [5, 5.41) is 11.8. The highest BCUT2D eigenvalue weighted by Crippen LogP contribution is 2.32. The van der Waals surface area contributed by atoms with Crippen LogP contribution in [0.4, 0.5) is 30.2 Å². The number of hydrogen-bond donors (Lipinski definition) is 3. The number of carboxylic acid groups (broad SMARTS) is 1. The molecule has 0 bridgehead atoms. The molecule has 0 radical (unpaired) electrons. The monoisotopic (exact) mass is 296 g/mol. The number of rotatable bonds is 3. The second-order valence-corrected chi connectivity index (χ2v) is 4.28. The number of benzene rings is 2. The van der Waals surface area contributed by atoms with Gasteiger partial charge in [0, 0.05) is 5.69 Å². The molecule has 0 saturated carbocycles. The van der Waals surface area contributed by atoms with E-state index in [1.165, 1.54) is 30.3 Å². The van der Waals surface area contributed by atoms with E-state index >= 15 is 0 Å². The van der Waals surface area contributed by atoms with Gasteiger partial charge in [0.05, 0.1) is 22.5 Å². The highest BCUT2D eigenvalue weighted by molar-refractivity contribution is 5.98. The van der Waals surface area contributed by atoms with E-state index in [1.807, 2.05) is 0 Å². The summed E-state index contributed by atoms with van der Waals surface area (Å²) >= 11 is 0. The lowest BCUT2D eigenvalue weighted by Crippen LogP contribution is -2.07. The minimum absolute atomic E-state index is 0.0603. The van der Waals surface area contributed by atoms with E-state index in [0.717, 1.165) is 12.1 Å². The summed E-state index contributed by atoms with van der Waals surface area (Å²) < 4.78 is 37.4. The van der Waals surface area contributed by atoms with Crippen molar-refractivity contribution in [2.75, 3.05) is 11.1 Å². The lowest BCUT2D eigenvalue weighted by Gasteiger charge is -2.13. The molecule has 0 atom stereocenters. The fourth-order valence-corrected chi connectivity index (χ4v) is 1.77. The Balaban J connectivity index is 2.33. The van der Waals surface area contributed by atoms with Gasteiger partial charge < -0.3 is 16.2 Å². The van der Waals surface area contributed by atoms with Gasteiger partial charge in [-0.2, -0.15) is 13.2 Å². The van der Waals surface area contributed by atoms with Crippen LogP contribution in [-0.4, -0.2) is 11.1 Å². The van der Waals surface area contributed by atoms with E-state index in [-0.39, 0.29) is 16.9 Å². The molecule has 0 aliphatic heterocycles. The van der Waals surface area contributed by atoms with Crippen LogP contribution in [0.25, 0.3) is 0 Å². The summed E-state index contributed by atoms with van der Waals surface area (Å²) in [5.41, 5.74) is 5.50. The molecule has 2 aromatic rings. The number of aromatic carboxylic acids is 1. The Bertz CT molecular complexity index is 667. The van der Waals surface area contributed by atoms with Crippen LogP contribution in [0.2, 0.25) is 0 Å². The Morgan fingerprint density at radius 2 is 1.71 bits per heavy atom. The Labute approximate surface area is 118 Å². The first-order valence-corrected chi connectivity index (χ1v) is 5.85. The van der Waals surface area contributed by atoms with Crippen molar-refractivity contribution in [3.05, 3.63) is 53.6 Å². The molecule has 0 saturated heterocycles. The summed E-state index contributed by atoms with van der Waals surface area (Å²) in [6, 6.07) is 8.56. The number of carbonyl (C=O) groups is 1. The Morgan fingerprint density at radius 1 is 1.10 bits per heavy atom. The van der Waals surface area contributed by atoms with Crippen molar-refractivity contribution in [3.8, 4) is 0 Å². The zero-order chi connectivity index (χ0) is 15.6. The van der Waals surface area contributed by atoms with Crippen LogP contribution in [0, 0.1) is 0 Å². The van der Waals surface area contributed by atoms with Crippen LogP contribution in [0.1, 0.15) is 15.9 Å². The van der Waals surface area contributed by atoms with Gasteiger partial charge in [-0.1, -0.05) is 6.07 Å². The van der Waals surface area contributed by atoms with Gasteiger partial charge in [-0.05, 0) is 36.4 Å². The van der Waals surface area contributed by atoms with Crippen molar-refractivity contribution >= 4 is 23.0 Å². The number of nitrogen functional groups attached to an aromatic ring is 1. The average molecular weight is 296 g/mol. The maximum atomic E-state index is 12.5. The maximum Gasteiger partial charge on any atom is 0.416 e. The molecule has 4 N–H and O–H groups in total. The van der Waals surface area contributed by atoms with E-state index in [2.05, 4.69) is 5.32 Å². The standard InChI is InChI=1S/C14H11F3N2O2/c15-14(16,17)8-4-6-9(7-5-8)19-12-10(13(20)21)2-1-3-11(12)18/h1-7,19H,18H2,(H,20,21). The molecule has 0 fully saturated rings. The zero-order valence-electron chi connectivity index (χ0n) is 10.6. The molecule has 0 aromatic heterocycles. The van der Waals surface area contributed by atoms with Crippen LogP contribution in [0.15, 0.2) is 42.5 Å². The molecule has 0 heterocycles. The van der Waals surface area contributed by atoms with Gasteiger partial charge in [0.1, 0.15) is 0 Å². The van der Waals surface area contributed by atoms with Crippen molar-refractivity contribution in [2.24, 2.45) is 0 Å². The van der Waals surface area contributed by atoms with E-state index in [4.69, 9.17) is 10.8 Å². The van der Waals surface area contributed by atoms with Gasteiger partial charge in [-0.15, -0.1) is 0 Å². The van der Waals surface area contributed by atoms with Crippen LogP contribution < -0.4 is 11.1 Å². The Morgan fingerprint density at radius 3 is 2.24 bits per heavy atom. The SMILES string of the molecule is Nc1cccc(C(=O)O)c1Nc1ccc(C(F)(F)F)cc1. The summed E-state index contributed by atoms with van der Waals surface area (Å²) in [6.45, 7) is 0. The summed E-state index contributed by atoms with van der Waals surface area (Å²) in [4.78, 5) is 11.1. The van der Waals surface area contributed by atoms with Gasteiger partial charge in [-0.3, -0.25) is 0 Å². The van der Waals surface area contributed by atoms with E-state index < -0.39 is 17.7 Å². The normalized spacial score (nSPS) is 11.2. The number of carboxylic acids is 1. The first kappa shape index (κ1) is 14.7. The lowest BCUT2D eigenvalue weighted by atomic mass is 10.1. The van der Waals surface area contributed by atoms with Crippen LogP contribution in [0.3, 0.4) is 0 Å². The van der Waals surface area contributed by atoms with Gasteiger partial charge in [0.15, 0.2) is 0 Å². The fraction of sp³-hybridized carbons (Fsp3) is 0.0714. The van der Waals surface area contributed by atoms with Crippen molar-refractivity contribution in [1.29, 1.82) is 0 Å². The van der Waals surface area contributed by atoms with Gasteiger partial charge in [0.25, 0.3) is 0 Å². The Kier molecular flexibility index (Phi) is 3.75.